The highest BCUT2D eigenvalue weighted by Gasteiger charge is 2.00. The van der Waals surface area contributed by atoms with Crippen molar-refractivity contribution in [1.29, 1.82) is 0 Å². The molecule has 0 unspecified atom stereocenters. The van der Waals surface area contributed by atoms with Gasteiger partial charge in [0, 0.05) is 44.5 Å². The van der Waals surface area contributed by atoms with Crippen LogP contribution in [0.1, 0.15) is 26.0 Å². The second kappa shape index (κ2) is 7.06. The van der Waals surface area contributed by atoms with E-state index in [0.29, 0.717) is 13.0 Å². The van der Waals surface area contributed by atoms with Crippen LogP contribution in [0.4, 0.5) is 0 Å². The molecule has 90 valence electrons. The summed E-state index contributed by atoms with van der Waals surface area (Å²) in [5.74, 6) is 0.112. The molecule has 0 atom stereocenters. The molecule has 16 heavy (non-hydrogen) atoms. The zero-order valence-corrected chi connectivity index (χ0v) is 10.1. The molecule has 1 rings (SSSR count). The van der Waals surface area contributed by atoms with Crippen LogP contribution >= 0.6 is 0 Å². The van der Waals surface area contributed by atoms with Gasteiger partial charge in [0.05, 0.1) is 0 Å². The van der Waals surface area contributed by atoms with Crippen LogP contribution in [0, 0.1) is 0 Å². The van der Waals surface area contributed by atoms with Gasteiger partial charge in [-0.15, -0.1) is 0 Å². The lowest BCUT2D eigenvalue weighted by molar-refractivity contribution is -0.120. The number of hydrogen-bond acceptors (Lipinski definition) is 2. The molecule has 0 saturated heterocycles. The molecular weight excluding hydrogens is 202 g/mol. The predicted octanol–water partition coefficient (Wildman–Crippen LogP) is 1.12. The van der Waals surface area contributed by atoms with E-state index in [2.05, 4.69) is 34.4 Å². The fourth-order valence-corrected chi connectivity index (χ4v) is 1.62. The zero-order chi connectivity index (χ0) is 11.8. The van der Waals surface area contributed by atoms with E-state index in [4.69, 9.17) is 0 Å². The van der Waals surface area contributed by atoms with Gasteiger partial charge in [0.15, 0.2) is 0 Å². The molecule has 0 fully saturated rings. The third kappa shape index (κ3) is 4.06. The van der Waals surface area contributed by atoms with Gasteiger partial charge >= 0.3 is 0 Å². The second-order valence-corrected chi connectivity index (χ2v) is 3.67. The highest BCUT2D eigenvalue weighted by molar-refractivity contribution is 5.75. The number of aromatic nitrogens is 1. The first-order chi connectivity index (χ1) is 7.77. The van der Waals surface area contributed by atoms with E-state index in [1.807, 2.05) is 13.0 Å². The number of nitrogens with one attached hydrogen (secondary N) is 2. The molecule has 1 amide bonds. The van der Waals surface area contributed by atoms with Crippen molar-refractivity contribution < 1.29 is 4.79 Å². The lowest BCUT2D eigenvalue weighted by atomic mass is 10.3. The first-order valence-corrected chi connectivity index (χ1v) is 5.89. The van der Waals surface area contributed by atoms with Crippen molar-refractivity contribution in [2.45, 2.75) is 33.4 Å². The number of amides is 1. The molecule has 1 heterocycles. The lowest BCUT2D eigenvalue weighted by Crippen LogP contribution is -2.27. The Hall–Kier alpha value is -1.29. The second-order valence-electron chi connectivity index (χ2n) is 3.67. The molecule has 4 heteroatoms. The van der Waals surface area contributed by atoms with Gasteiger partial charge in [0.2, 0.25) is 5.91 Å². The van der Waals surface area contributed by atoms with Crippen LogP contribution < -0.4 is 10.6 Å². The summed E-state index contributed by atoms with van der Waals surface area (Å²) in [5, 5.41) is 6.05. The fourth-order valence-electron chi connectivity index (χ4n) is 1.62. The van der Waals surface area contributed by atoms with Crippen LogP contribution in [0.5, 0.6) is 0 Å². The summed E-state index contributed by atoms with van der Waals surface area (Å²) in [7, 11) is 0. The van der Waals surface area contributed by atoms with Crippen LogP contribution in [-0.2, 0) is 17.9 Å². The van der Waals surface area contributed by atoms with Crippen molar-refractivity contribution in [3.05, 3.63) is 24.0 Å². The number of nitrogens with zero attached hydrogens (tertiary/aromatic N) is 1. The van der Waals surface area contributed by atoms with Crippen molar-refractivity contribution >= 4 is 5.91 Å². The van der Waals surface area contributed by atoms with Gasteiger partial charge < -0.3 is 15.2 Å². The summed E-state index contributed by atoms with van der Waals surface area (Å²) < 4.78 is 2.19. The fraction of sp³-hybridized carbons (Fsp3) is 0.583. The molecule has 2 N–H and O–H groups in total. The van der Waals surface area contributed by atoms with Crippen LogP contribution in [0.25, 0.3) is 0 Å². The minimum atomic E-state index is 0.112. The highest BCUT2D eigenvalue weighted by atomic mass is 16.1. The summed E-state index contributed by atoms with van der Waals surface area (Å²) in [6.07, 6.45) is 2.61. The summed E-state index contributed by atoms with van der Waals surface area (Å²) in [6.45, 7) is 7.29. The number of carbonyl (C=O) groups excluding carboxylic acids is 1. The van der Waals surface area contributed by atoms with E-state index in [1.54, 1.807) is 0 Å². The highest BCUT2D eigenvalue weighted by Crippen LogP contribution is 2.01. The number of rotatable bonds is 7. The smallest absolute Gasteiger partial charge is 0.221 e. The minimum Gasteiger partial charge on any atom is -0.356 e. The Bertz CT molecular complexity index is 320. The number of hydrogen-bond donors (Lipinski definition) is 2. The van der Waals surface area contributed by atoms with E-state index < -0.39 is 0 Å². The first kappa shape index (κ1) is 12.8. The number of aryl methyl sites for hydroxylation is 1. The van der Waals surface area contributed by atoms with E-state index in [9.17, 15) is 4.79 Å². The quantitative estimate of drug-likeness (QED) is 0.681. The molecular formula is C12H21N3O. The van der Waals surface area contributed by atoms with Gasteiger partial charge in [-0.3, -0.25) is 4.79 Å². The predicted molar refractivity (Wildman–Crippen MR) is 65.1 cm³/mol. The van der Waals surface area contributed by atoms with Crippen molar-refractivity contribution in [3.8, 4) is 0 Å². The molecule has 0 aliphatic heterocycles. The Morgan fingerprint density at radius 3 is 2.94 bits per heavy atom. The molecule has 1 aromatic heterocycles. The van der Waals surface area contributed by atoms with Gasteiger partial charge in [-0.1, -0.05) is 0 Å². The van der Waals surface area contributed by atoms with Crippen LogP contribution in [0.3, 0.4) is 0 Å². The summed E-state index contributed by atoms with van der Waals surface area (Å²) in [5.41, 5.74) is 1.26. The van der Waals surface area contributed by atoms with Gasteiger partial charge in [-0.2, -0.15) is 0 Å². The van der Waals surface area contributed by atoms with Crippen LogP contribution in [0.15, 0.2) is 18.3 Å². The molecule has 4 nitrogen and oxygen atoms in total. The van der Waals surface area contributed by atoms with Crippen molar-refractivity contribution in [2.75, 3.05) is 13.1 Å². The standard InChI is InChI=1S/C12H21N3O/c1-3-14-12(16)7-8-13-10-11-6-5-9-15(11)4-2/h5-6,9,13H,3-4,7-8,10H2,1-2H3,(H,14,16). The zero-order valence-electron chi connectivity index (χ0n) is 10.1. The third-order valence-corrected chi connectivity index (χ3v) is 2.47. The average molecular weight is 223 g/mol. The minimum absolute atomic E-state index is 0.112. The van der Waals surface area contributed by atoms with Gasteiger partial charge in [0.1, 0.15) is 0 Å². The third-order valence-electron chi connectivity index (χ3n) is 2.47. The van der Waals surface area contributed by atoms with Crippen LogP contribution in [-0.4, -0.2) is 23.6 Å². The Kier molecular flexibility index (Phi) is 5.64. The van der Waals surface area contributed by atoms with Gasteiger partial charge in [-0.05, 0) is 26.0 Å². The maximum atomic E-state index is 11.2. The van der Waals surface area contributed by atoms with E-state index in [-0.39, 0.29) is 5.91 Å². The molecule has 0 aromatic carbocycles. The molecule has 0 aliphatic carbocycles. The average Bonchev–Trinajstić information content (AvgIpc) is 2.72. The summed E-state index contributed by atoms with van der Waals surface area (Å²) >= 11 is 0. The molecule has 0 saturated carbocycles. The first-order valence-electron chi connectivity index (χ1n) is 5.89. The Morgan fingerprint density at radius 1 is 1.44 bits per heavy atom. The molecule has 0 spiro atoms. The normalized spacial score (nSPS) is 10.4. The summed E-state index contributed by atoms with van der Waals surface area (Å²) in [6, 6.07) is 4.15. The molecule has 0 aliphatic rings. The molecule has 0 radical (unpaired) electrons. The molecule has 0 bridgehead atoms. The molecule has 1 aromatic rings. The maximum Gasteiger partial charge on any atom is 0.221 e. The van der Waals surface area contributed by atoms with Gasteiger partial charge in [0.25, 0.3) is 0 Å². The topological polar surface area (TPSA) is 46.1 Å². The Labute approximate surface area is 97.0 Å². The van der Waals surface area contributed by atoms with E-state index >= 15 is 0 Å². The van der Waals surface area contributed by atoms with Crippen molar-refractivity contribution in [3.63, 3.8) is 0 Å². The SMILES string of the molecule is CCNC(=O)CCNCc1cccn1CC. The van der Waals surface area contributed by atoms with Crippen molar-refractivity contribution in [1.82, 2.24) is 15.2 Å². The lowest BCUT2D eigenvalue weighted by Gasteiger charge is -2.08. The van der Waals surface area contributed by atoms with E-state index in [1.165, 1.54) is 5.69 Å². The van der Waals surface area contributed by atoms with Gasteiger partial charge in [-0.25, -0.2) is 0 Å². The van der Waals surface area contributed by atoms with Crippen molar-refractivity contribution in [2.24, 2.45) is 0 Å². The Balaban J connectivity index is 2.18. The largest absolute Gasteiger partial charge is 0.356 e. The van der Waals surface area contributed by atoms with Crippen LogP contribution in [0.2, 0.25) is 0 Å². The monoisotopic (exact) mass is 223 g/mol. The van der Waals surface area contributed by atoms with E-state index in [0.717, 1.165) is 19.6 Å². The Morgan fingerprint density at radius 2 is 2.25 bits per heavy atom. The summed E-state index contributed by atoms with van der Waals surface area (Å²) in [4.78, 5) is 11.2. The maximum absolute atomic E-state index is 11.2. The number of carbonyl (C=O) groups is 1.